The van der Waals surface area contributed by atoms with Crippen molar-refractivity contribution in [2.75, 3.05) is 18.4 Å². The number of halogens is 7. The molecule has 10 heteroatoms. The lowest BCUT2D eigenvalue weighted by atomic mass is 10.0. The lowest BCUT2D eigenvalue weighted by Gasteiger charge is -2.35. The molecule has 1 heterocycles. The summed E-state index contributed by atoms with van der Waals surface area (Å²) in [4.78, 5) is 14.2. The predicted molar refractivity (Wildman–Crippen MR) is 77.2 cm³/mol. The number of rotatable bonds is 3. The van der Waals surface area contributed by atoms with E-state index in [1.54, 1.807) is 10.2 Å². The molecule has 2 atom stereocenters. The number of nitrogens with one attached hydrogen (secondary N) is 1. The number of amides is 1. The molecule has 1 aliphatic carbocycles. The van der Waals surface area contributed by atoms with Gasteiger partial charge in [0.05, 0.1) is 5.54 Å². The van der Waals surface area contributed by atoms with Gasteiger partial charge in [-0.3, -0.25) is 9.69 Å². The van der Waals surface area contributed by atoms with Crippen LogP contribution in [0.25, 0.3) is 0 Å². The Bertz CT molecular complexity index is 736. The second-order valence-electron chi connectivity index (χ2n) is 7.18. The third-order valence-corrected chi connectivity index (χ3v) is 5.11. The van der Waals surface area contributed by atoms with E-state index < -0.39 is 52.1 Å². The number of hydrogen-bond acceptors (Lipinski definition) is 2. The molecule has 0 aromatic heterocycles. The number of piperidine rings is 1. The Morgan fingerprint density at radius 3 is 1.85 bits per heavy atom. The quantitative estimate of drug-likeness (QED) is 0.633. The first kappa shape index (κ1) is 18.9. The molecule has 0 bridgehead atoms. The number of benzene rings is 1. The van der Waals surface area contributed by atoms with Crippen molar-refractivity contribution >= 4 is 11.6 Å². The largest absolute Gasteiger partial charge is 0.422 e. The molecule has 26 heavy (non-hydrogen) atoms. The van der Waals surface area contributed by atoms with Gasteiger partial charge in [0.15, 0.2) is 23.3 Å². The van der Waals surface area contributed by atoms with Crippen molar-refractivity contribution in [2.45, 2.75) is 32.0 Å². The van der Waals surface area contributed by atoms with Gasteiger partial charge < -0.3 is 5.32 Å². The first-order chi connectivity index (χ1) is 11.9. The number of anilines is 1. The zero-order valence-corrected chi connectivity index (χ0v) is 13.8. The van der Waals surface area contributed by atoms with Crippen molar-refractivity contribution in [2.24, 2.45) is 11.8 Å². The first-order valence-electron chi connectivity index (χ1n) is 7.85. The van der Waals surface area contributed by atoms with Crippen molar-refractivity contribution in [3.63, 3.8) is 0 Å². The van der Waals surface area contributed by atoms with Crippen LogP contribution in [0.3, 0.4) is 0 Å². The van der Waals surface area contributed by atoms with Crippen molar-refractivity contribution in [3.8, 4) is 0 Å². The molecule has 1 aromatic carbocycles. The van der Waals surface area contributed by atoms with Crippen LogP contribution in [0.15, 0.2) is 0 Å². The van der Waals surface area contributed by atoms with E-state index in [-0.39, 0.29) is 0 Å². The van der Waals surface area contributed by atoms with Gasteiger partial charge >= 0.3 is 6.18 Å². The van der Waals surface area contributed by atoms with Gasteiger partial charge in [0.1, 0.15) is 11.3 Å². The topological polar surface area (TPSA) is 32.3 Å². The molecule has 1 saturated heterocycles. The third kappa shape index (κ3) is 2.93. The minimum atomic E-state index is -5.63. The number of carbonyl (C=O) groups is 1. The van der Waals surface area contributed by atoms with Crippen LogP contribution in [0.5, 0.6) is 0 Å². The average molecular weight is 384 g/mol. The summed E-state index contributed by atoms with van der Waals surface area (Å²) in [5.41, 5.74) is -5.51. The van der Waals surface area contributed by atoms with Crippen molar-refractivity contribution < 1.29 is 35.5 Å². The van der Waals surface area contributed by atoms with Gasteiger partial charge in [-0.2, -0.15) is 13.2 Å². The molecular formula is C16H15F7N2O. The van der Waals surface area contributed by atoms with Crippen LogP contribution >= 0.6 is 0 Å². The van der Waals surface area contributed by atoms with E-state index in [2.05, 4.69) is 0 Å². The molecule has 0 spiro atoms. The summed E-state index contributed by atoms with van der Waals surface area (Å²) < 4.78 is 92.9. The molecule has 1 aromatic rings. The second-order valence-corrected chi connectivity index (χ2v) is 7.18. The molecule has 0 radical (unpaired) electrons. The molecular weight excluding hydrogens is 369 g/mol. The van der Waals surface area contributed by atoms with Crippen molar-refractivity contribution in [3.05, 3.63) is 28.8 Å². The number of nitrogens with zero attached hydrogens (tertiary/aromatic N) is 1. The third-order valence-electron chi connectivity index (χ3n) is 5.11. The SMILES string of the molecule is CC(C)(C(=O)Nc1c(F)c(F)c(C(F)(F)F)c(F)c1F)N1C[C@H]2C[C@H]2C1. The number of hydrogen-bond donors (Lipinski definition) is 1. The van der Waals surface area contributed by atoms with Gasteiger partial charge in [0, 0.05) is 13.1 Å². The Morgan fingerprint density at radius 1 is 0.962 bits per heavy atom. The van der Waals surface area contributed by atoms with E-state index in [1.165, 1.54) is 13.8 Å². The number of carbonyl (C=O) groups excluding carboxylic acids is 1. The highest BCUT2D eigenvalue weighted by Crippen LogP contribution is 2.47. The highest BCUT2D eigenvalue weighted by molar-refractivity contribution is 5.97. The summed E-state index contributed by atoms with van der Waals surface area (Å²) in [6.45, 7) is 4.09. The van der Waals surface area contributed by atoms with Crippen molar-refractivity contribution in [1.82, 2.24) is 4.90 Å². The smallest absolute Gasteiger partial charge is 0.319 e. The van der Waals surface area contributed by atoms with Crippen molar-refractivity contribution in [1.29, 1.82) is 0 Å². The molecule has 3 nitrogen and oxygen atoms in total. The van der Waals surface area contributed by atoms with Crippen LogP contribution in [0, 0.1) is 35.1 Å². The minimum Gasteiger partial charge on any atom is -0.319 e. The van der Waals surface area contributed by atoms with Crippen LogP contribution < -0.4 is 5.32 Å². The first-order valence-corrected chi connectivity index (χ1v) is 7.85. The average Bonchev–Trinajstić information content (AvgIpc) is 3.13. The van der Waals surface area contributed by atoms with E-state index >= 15 is 0 Å². The van der Waals surface area contributed by atoms with Crippen LogP contribution in [-0.2, 0) is 11.0 Å². The lowest BCUT2D eigenvalue weighted by molar-refractivity contribution is -0.143. The van der Waals surface area contributed by atoms with Crippen LogP contribution in [0.2, 0.25) is 0 Å². The molecule has 3 rings (SSSR count). The molecule has 1 N–H and O–H groups in total. The fraction of sp³-hybridized carbons (Fsp3) is 0.562. The van der Waals surface area contributed by atoms with Gasteiger partial charge in [-0.25, -0.2) is 17.6 Å². The normalized spacial score (nSPS) is 23.1. The summed E-state index contributed by atoms with van der Waals surface area (Å²) in [6.07, 6.45) is -4.60. The summed E-state index contributed by atoms with van der Waals surface area (Å²) in [7, 11) is 0. The molecule has 2 fully saturated rings. The highest BCUT2D eigenvalue weighted by atomic mass is 19.4. The highest BCUT2D eigenvalue weighted by Gasteiger charge is 2.51. The van der Waals surface area contributed by atoms with Crippen LogP contribution in [-0.4, -0.2) is 29.4 Å². The van der Waals surface area contributed by atoms with E-state index in [0.29, 0.717) is 24.9 Å². The van der Waals surface area contributed by atoms with E-state index in [0.717, 1.165) is 6.42 Å². The maximum absolute atomic E-state index is 13.9. The summed E-state index contributed by atoms with van der Waals surface area (Å²) in [5.74, 6) is -9.91. The molecule has 2 aliphatic rings. The predicted octanol–water partition coefficient (Wildman–Crippen LogP) is 3.93. The Hall–Kier alpha value is -1.84. The van der Waals surface area contributed by atoms with Gasteiger partial charge in [-0.05, 0) is 32.1 Å². The summed E-state index contributed by atoms with van der Waals surface area (Å²) in [6, 6.07) is 0. The Labute approximate surface area is 144 Å². The molecule has 1 aliphatic heterocycles. The molecule has 0 unspecified atom stereocenters. The zero-order valence-electron chi connectivity index (χ0n) is 13.8. The molecule has 1 amide bonds. The zero-order chi connectivity index (χ0) is 19.6. The van der Waals surface area contributed by atoms with Gasteiger partial charge in [0.25, 0.3) is 0 Å². The number of likely N-dealkylation sites (tertiary alicyclic amines) is 1. The Morgan fingerprint density at radius 2 is 1.42 bits per heavy atom. The lowest BCUT2D eigenvalue weighted by Crippen LogP contribution is -2.52. The van der Waals surface area contributed by atoms with E-state index in [1.807, 2.05) is 0 Å². The van der Waals surface area contributed by atoms with Crippen LogP contribution in [0.1, 0.15) is 25.8 Å². The molecule has 1 saturated carbocycles. The maximum Gasteiger partial charge on any atom is 0.422 e. The van der Waals surface area contributed by atoms with Gasteiger partial charge in [-0.15, -0.1) is 0 Å². The van der Waals surface area contributed by atoms with Gasteiger partial charge in [-0.1, -0.05) is 0 Å². The minimum absolute atomic E-state index is 0.441. The number of alkyl halides is 3. The Kier molecular flexibility index (Phi) is 4.25. The number of fused-ring (bicyclic) bond motifs is 1. The van der Waals surface area contributed by atoms with E-state index in [9.17, 15) is 35.5 Å². The monoisotopic (exact) mass is 384 g/mol. The fourth-order valence-electron chi connectivity index (χ4n) is 3.26. The fourth-order valence-corrected chi connectivity index (χ4v) is 3.26. The Balaban J connectivity index is 1.91. The maximum atomic E-state index is 13.9. The van der Waals surface area contributed by atoms with Gasteiger partial charge in [0.2, 0.25) is 5.91 Å². The standard InChI is InChI=1S/C16H15F7N2O/c1-15(2,25-4-6-3-7(6)5-25)14(26)24-13-11(19)9(17)8(16(21,22)23)10(18)12(13)20/h6-7H,3-5H2,1-2H3,(H,24,26)/t6-,7+. The van der Waals surface area contributed by atoms with E-state index in [4.69, 9.17) is 0 Å². The molecule has 144 valence electrons. The van der Waals surface area contributed by atoms with Crippen LogP contribution in [0.4, 0.5) is 36.4 Å². The summed E-state index contributed by atoms with van der Waals surface area (Å²) in [5, 5.41) is 1.71. The second kappa shape index (κ2) is 5.83. The summed E-state index contributed by atoms with van der Waals surface area (Å²) >= 11 is 0.